The molecular formula is C16H27IN4O3S. The van der Waals surface area contributed by atoms with Crippen LogP contribution in [0.15, 0.2) is 29.3 Å². The van der Waals surface area contributed by atoms with Crippen LogP contribution in [0.2, 0.25) is 0 Å². The lowest BCUT2D eigenvalue weighted by Crippen LogP contribution is -2.45. The molecule has 1 aliphatic rings. The Hall–Kier alpha value is -0.910. The molecule has 9 heteroatoms. The summed E-state index contributed by atoms with van der Waals surface area (Å²) in [6.45, 7) is 4.79. The van der Waals surface area contributed by atoms with Crippen molar-refractivity contribution in [1.29, 1.82) is 0 Å². The lowest BCUT2D eigenvalue weighted by Gasteiger charge is -2.26. The number of aryl methyl sites for hydroxylation is 1. The molecule has 2 rings (SSSR count). The van der Waals surface area contributed by atoms with Crippen LogP contribution in [0.25, 0.3) is 0 Å². The predicted molar refractivity (Wildman–Crippen MR) is 111 cm³/mol. The molecule has 1 saturated heterocycles. The average molecular weight is 482 g/mol. The van der Waals surface area contributed by atoms with Crippen molar-refractivity contribution >= 4 is 40.0 Å². The number of hydrogen-bond acceptors (Lipinski definition) is 4. The van der Waals surface area contributed by atoms with Crippen LogP contribution in [0.5, 0.6) is 0 Å². The minimum absolute atomic E-state index is 0. The van der Waals surface area contributed by atoms with Gasteiger partial charge in [0.15, 0.2) is 5.96 Å². The van der Waals surface area contributed by atoms with Crippen molar-refractivity contribution in [1.82, 2.24) is 14.9 Å². The fourth-order valence-electron chi connectivity index (χ4n) is 2.36. The molecular weight excluding hydrogens is 455 g/mol. The van der Waals surface area contributed by atoms with Crippen LogP contribution in [0.4, 0.5) is 0 Å². The van der Waals surface area contributed by atoms with Crippen LogP contribution in [-0.2, 0) is 21.3 Å². The van der Waals surface area contributed by atoms with Gasteiger partial charge in [-0.2, -0.15) is 4.31 Å². The summed E-state index contributed by atoms with van der Waals surface area (Å²) in [5.41, 5.74) is 2.36. The van der Waals surface area contributed by atoms with Crippen molar-refractivity contribution in [3.8, 4) is 0 Å². The molecule has 1 aliphatic heterocycles. The molecule has 0 spiro atoms. The number of nitrogens with one attached hydrogen (secondary N) is 2. The van der Waals surface area contributed by atoms with E-state index in [1.54, 1.807) is 7.05 Å². The van der Waals surface area contributed by atoms with Gasteiger partial charge in [0.2, 0.25) is 10.0 Å². The van der Waals surface area contributed by atoms with Crippen LogP contribution < -0.4 is 10.6 Å². The van der Waals surface area contributed by atoms with Crippen LogP contribution in [0.3, 0.4) is 0 Å². The highest BCUT2D eigenvalue weighted by atomic mass is 127. The quantitative estimate of drug-likeness (QED) is 0.359. The van der Waals surface area contributed by atoms with Gasteiger partial charge in [-0.25, -0.2) is 8.42 Å². The molecule has 0 saturated carbocycles. The maximum absolute atomic E-state index is 12.2. The van der Waals surface area contributed by atoms with Crippen LogP contribution in [0.1, 0.15) is 11.1 Å². The molecule has 0 amide bonds. The highest BCUT2D eigenvalue weighted by molar-refractivity contribution is 14.0. The number of rotatable bonds is 6. The van der Waals surface area contributed by atoms with Gasteiger partial charge in [-0.1, -0.05) is 29.8 Å². The Balaban J connectivity index is 0.00000312. The van der Waals surface area contributed by atoms with Gasteiger partial charge >= 0.3 is 0 Å². The van der Waals surface area contributed by atoms with E-state index in [0.29, 0.717) is 45.4 Å². The number of benzene rings is 1. The van der Waals surface area contributed by atoms with Gasteiger partial charge in [0, 0.05) is 33.2 Å². The van der Waals surface area contributed by atoms with Crippen molar-refractivity contribution < 1.29 is 13.2 Å². The fourth-order valence-corrected chi connectivity index (χ4v) is 3.69. The van der Waals surface area contributed by atoms with Crippen LogP contribution >= 0.6 is 24.0 Å². The number of hydrogen-bond donors (Lipinski definition) is 2. The first-order valence-corrected chi connectivity index (χ1v) is 9.68. The zero-order valence-electron chi connectivity index (χ0n) is 14.7. The number of halogens is 1. The molecule has 2 N–H and O–H groups in total. The summed E-state index contributed by atoms with van der Waals surface area (Å²) in [5.74, 6) is 0.630. The first-order chi connectivity index (χ1) is 11.5. The maximum atomic E-state index is 12.2. The second kappa shape index (κ2) is 10.9. The summed E-state index contributed by atoms with van der Waals surface area (Å²) in [5, 5.41) is 6.23. The van der Waals surface area contributed by atoms with Crippen molar-refractivity contribution in [2.75, 3.05) is 45.6 Å². The SMILES string of the molecule is CN=C(NCCS(=O)(=O)N1CCOCC1)NCc1ccc(C)cc1.I. The molecule has 0 radical (unpaired) electrons. The van der Waals surface area contributed by atoms with Crippen molar-refractivity contribution in [3.63, 3.8) is 0 Å². The lowest BCUT2D eigenvalue weighted by molar-refractivity contribution is 0.0730. The normalized spacial score (nSPS) is 16.2. The Labute approximate surface area is 167 Å². The minimum atomic E-state index is -3.25. The Morgan fingerprint density at radius 3 is 2.44 bits per heavy atom. The fraction of sp³-hybridized carbons (Fsp3) is 0.562. The number of nitrogens with zero attached hydrogens (tertiary/aromatic N) is 2. The molecule has 0 bridgehead atoms. The molecule has 25 heavy (non-hydrogen) atoms. The topological polar surface area (TPSA) is 83.0 Å². The molecule has 7 nitrogen and oxygen atoms in total. The molecule has 1 fully saturated rings. The van der Waals surface area contributed by atoms with Gasteiger partial charge in [-0.3, -0.25) is 4.99 Å². The maximum Gasteiger partial charge on any atom is 0.215 e. The molecule has 1 aromatic carbocycles. The van der Waals surface area contributed by atoms with Crippen LogP contribution in [0, 0.1) is 6.92 Å². The molecule has 142 valence electrons. The summed E-state index contributed by atoms with van der Waals surface area (Å²) >= 11 is 0. The molecule has 0 aliphatic carbocycles. The minimum Gasteiger partial charge on any atom is -0.379 e. The average Bonchev–Trinajstić information content (AvgIpc) is 2.60. The van der Waals surface area contributed by atoms with Crippen molar-refractivity contribution in [3.05, 3.63) is 35.4 Å². The number of sulfonamides is 1. The van der Waals surface area contributed by atoms with E-state index in [0.717, 1.165) is 5.56 Å². The Bertz CT molecular complexity index is 644. The first-order valence-electron chi connectivity index (χ1n) is 8.07. The van der Waals surface area contributed by atoms with Crippen LogP contribution in [-0.4, -0.2) is 64.3 Å². The molecule has 0 aromatic heterocycles. The lowest BCUT2D eigenvalue weighted by atomic mass is 10.1. The van der Waals surface area contributed by atoms with Crippen molar-refractivity contribution in [2.45, 2.75) is 13.5 Å². The van der Waals surface area contributed by atoms with Gasteiger partial charge in [-0.05, 0) is 12.5 Å². The van der Waals surface area contributed by atoms with E-state index in [-0.39, 0.29) is 29.7 Å². The number of guanidine groups is 1. The molecule has 1 heterocycles. The van der Waals surface area contributed by atoms with Gasteiger partial charge < -0.3 is 15.4 Å². The van der Waals surface area contributed by atoms with E-state index in [9.17, 15) is 8.42 Å². The Morgan fingerprint density at radius 2 is 1.84 bits per heavy atom. The number of morpholine rings is 1. The summed E-state index contributed by atoms with van der Waals surface area (Å²) in [6, 6.07) is 8.22. The zero-order valence-corrected chi connectivity index (χ0v) is 17.8. The third kappa shape index (κ3) is 7.47. The summed E-state index contributed by atoms with van der Waals surface area (Å²) in [7, 11) is -1.58. The standard InChI is InChI=1S/C16H26N4O3S.HI/c1-14-3-5-15(6-4-14)13-19-16(17-2)18-7-12-24(21,22)20-8-10-23-11-9-20;/h3-6H,7-13H2,1-2H3,(H2,17,18,19);1H. The van der Waals surface area contributed by atoms with E-state index in [2.05, 4.69) is 39.9 Å². The summed E-state index contributed by atoms with van der Waals surface area (Å²) in [4.78, 5) is 4.12. The van der Waals surface area contributed by atoms with E-state index in [4.69, 9.17) is 4.74 Å². The molecule has 0 unspecified atom stereocenters. The second-order valence-corrected chi connectivity index (χ2v) is 7.75. The highest BCUT2D eigenvalue weighted by Gasteiger charge is 2.23. The van der Waals surface area contributed by atoms with Gasteiger partial charge in [0.1, 0.15) is 0 Å². The van der Waals surface area contributed by atoms with Gasteiger partial charge in [0.05, 0.1) is 19.0 Å². The monoisotopic (exact) mass is 482 g/mol. The third-order valence-corrected chi connectivity index (χ3v) is 5.69. The van der Waals surface area contributed by atoms with Gasteiger partial charge in [0.25, 0.3) is 0 Å². The Morgan fingerprint density at radius 1 is 1.20 bits per heavy atom. The predicted octanol–water partition coefficient (Wildman–Crippen LogP) is 0.940. The molecule has 1 aromatic rings. The van der Waals surface area contributed by atoms with E-state index >= 15 is 0 Å². The third-order valence-electron chi connectivity index (χ3n) is 3.82. The van der Waals surface area contributed by atoms with E-state index in [1.165, 1.54) is 9.87 Å². The molecule has 0 atom stereocenters. The Kier molecular flexibility index (Phi) is 9.69. The van der Waals surface area contributed by atoms with Gasteiger partial charge in [-0.15, -0.1) is 24.0 Å². The number of ether oxygens (including phenoxy) is 1. The largest absolute Gasteiger partial charge is 0.379 e. The van der Waals surface area contributed by atoms with Crippen molar-refractivity contribution in [2.24, 2.45) is 4.99 Å². The first kappa shape index (κ1) is 22.1. The van der Waals surface area contributed by atoms with E-state index in [1.807, 2.05) is 6.92 Å². The summed E-state index contributed by atoms with van der Waals surface area (Å²) in [6.07, 6.45) is 0. The highest BCUT2D eigenvalue weighted by Crippen LogP contribution is 2.05. The number of aliphatic imine (C=N–C) groups is 1. The second-order valence-electron chi connectivity index (χ2n) is 5.67. The van der Waals surface area contributed by atoms with E-state index < -0.39 is 10.0 Å². The zero-order chi connectivity index (χ0) is 17.4. The summed E-state index contributed by atoms with van der Waals surface area (Å²) < 4.78 is 31.1. The smallest absolute Gasteiger partial charge is 0.215 e.